The molecular formula is C16H25Cl2N3OS. The molecule has 7 heteroatoms. The van der Waals surface area contributed by atoms with E-state index in [4.69, 9.17) is 28.9 Å². The molecule has 1 rings (SSSR count). The van der Waals surface area contributed by atoms with Gasteiger partial charge in [-0.2, -0.15) is 12.6 Å². The SMILES string of the molecule is CC[C@H](C)[C@H](NC[C@@H](N)CS)C(=O)NCc1ccc(Cl)cc1Cl. The van der Waals surface area contributed by atoms with Crippen LogP contribution in [0.2, 0.25) is 10.0 Å². The summed E-state index contributed by atoms with van der Waals surface area (Å²) >= 11 is 16.2. The number of carbonyl (C=O) groups is 1. The zero-order chi connectivity index (χ0) is 17.4. The van der Waals surface area contributed by atoms with E-state index in [0.29, 0.717) is 28.9 Å². The number of hydrogen-bond donors (Lipinski definition) is 4. The van der Waals surface area contributed by atoms with Crippen molar-refractivity contribution in [3.8, 4) is 0 Å². The van der Waals surface area contributed by atoms with Crippen molar-refractivity contribution < 1.29 is 4.79 Å². The van der Waals surface area contributed by atoms with Crippen LogP contribution in [0.3, 0.4) is 0 Å². The second-order valence-corrected chi connectivity index (χ2v) is 6.88. The highest BCUT2D eigenvalue weighted by Crippen LogP contribution is 2.20. The first-order chi connectivity index (χ1) is 10.9. The summed E-state index contributed by atoms with van der Waals surface area (Å²) in [6.45, 7) is 5.01. The van der Waals surface area contributed by atoms with Crippen LogP contribution in [0.1, 0.15) is 25.8 Å². The van der Waals surface area contributed by atoms with Gasteiger partial charge in [0.25, 0.3) is 0 Å². The average molecular weight is 378 g/mol. The molecule has 0 unspecified atom stereocenters. The molecule has 1 aromatic carbocycles. The van der Waals surface area contributed by atoms with Crippen LogP contribution in [0.15, 0.2) is 18.2 Å². The van der Waals surface area contributed by atoms with Crippen LogP contribution in [0.25, 0.3) is 0 Å². The number of thiol groups is 1. The molecule has 1 aromatic rings. The van der Waals surface area contributed by atoms with Crippen LogP contribution in [0.5, 0.6) is 0 Å². The molecule has 3 atom stereocenters. The first kappa shape index (κ1) is 20.6. The number of nitrogens with two attached hydrogens (primary N) is 1. The number of amides is 1. The van der Waals surface area contributed by atoms with Gasteiger partial charge in [0.1, 0.15) is 0 Å². The molecule has 23 heavy (non-hydrogen) atoms. The first-order valence-corrected chi connectivity index (χ1v) is 9.09. The Hall–Kier alpha value is -0.460. The molecule has 0 saturated carbocycles. The maximum absolute atomic E-state index is 12.5. The van der Waals surface area contributed by atoms with Crippen molar-refractivity contribution in [2.45, 2.75) is 38.9 Å². The molecule has 4 nitrogen and oxygen atoms in total. The Kier molecular flexibility index (Phi) is 9.32. The van der Waals surface area contributed by atoms with Crippen LogP contribution >= 0.6 is 35.8 Å². The largest absolute Gasteiger partial charge is 0.351 e. The average Bonchev–Trinajstić information content (AvgIpc) is 2.53. The van der Waals surface area contributed by atoms with Gasteiger partial charge in [0.15, 0.2) is 0 Å². The van der Waals surface area contributed by atoms with E-state index in [0.717, 1.165) is 12.0 Å². The maximum Gasteiger partial charge on any atom is 0.237 e. The van der Waals surface area contributed by atoms with Crippen molar-refractivity contribution in [2.75, 3.05) is 12.3 Å². The van der Waals surface area contributed by atoms with Crippen molar-refractivity contribution in [3.05, 3.63) is 33.8 Å². The molecule has 130 valence electrons. The molecule has 0 radical (unpaired) electrons. The lowest BCUT2D eigenvalue weighted by Gasteiger charge is -2.25. The minimum absolute atomic E-state index is 0.0586. The van der Waals surface area contributed by atoms with Gasteiger partial charge in [-0.3, -0.25) is 4.79 Å². The number of nitrogens with one attached hydrogen (secondary N) is 2. The van der Waals surface area contributed by atoms with Crippen LogP contribution in [0, 0.1) is 5.92 Å². The Morgan fingerprint density at radius 1 is 1.39 bits per heavy atom. The van der Waals surface area contributed by atoms with E-state index in [9.17, 15) is 4.79 Å². The van der Waals surface area contributed by atoms with E-state index >= 15 is 0 Å². The maximum atomic E-state index is 12.5. The summed E-state index contributed by atoms with van der Waals surface area (Å²) in [6, 6.07) is 4.86. The summed E-state index contributed by atoms with van der Waals surface area (Å²) in [5.74, 6) is 0.710. The molecular weight excluding hydrogens is 353 g/mol. The summed E-state index contributed by atoms with van der Waals surface area (Å²) in [5.41, 5.74) is 6.69. The zero-order valence-electron chi connectivity index (χ0n) is 13.5. The van der Waals surface area contributed by atoms with Gasteiger partial charge in [-0.05, 0) is 23.6 Å². The van der Waals surface area contributed by atoms with E-state index in [1.165, 1.54) is 0 Å². The van der Waals surface area contributed by atoms with Crippen LogP contribution in [0.4, 0.5) is 0 Å². The Morgan fingerprint density at radius 2 is 2.09 bits per heavy atom. The number of benzene rings is 1. The second-order valence-electron chi connectivity index (χ2n) is 5.67. The normalized spacial score (nSPS) is 15.0. The molecule has 0 saturated heterocycles. The molecule has 0 aromatic heterocycles. The third kappa shape index (κ3) is 6.89. The second kappa shape index (κ2) is 10.4. The molecule has 0 aliphatic rings. The predicted molar refractivity (Wildman–Crippen MR) is 101 cm³/mol. The van der Waals surface area contributed by atoms with E-state index in [1.807, 2.05) is 13.0 Å². The van der Waals surface area contributed by atoms with Gasteiger partial charge in [-0.15, -0.1) is 0 Å². The molecule has 0 spiro atoms. The van der Waals surface area contributed by atoms with Crippen LogP contribution in [-0.4, -0.2) is 30.3 Å². The number of halogens is 2. The summed E-state index contributed by atoms with van der Waals surface area (Å²) in [7, 11) is 0. The Labute approximate surface area is 153 Å². The quantitative estimate of drug-likeness (QED) is 0.500. The van der Waals surface area contributed by atoms with Gasteiger partial charge in [-0.25, -0.2) is 0 Å². The third-order valence-electron chi connectivity index (χ3n) is 3.80. The van der Waals surface area contributed by atoms with E-state index in [2.05, 4.69) is 30.2 Å². The molecule has 0 heterocycles. The fourth-order valence-electron chi connectivity index (χ4n) is 2.09. The lowest BCUT2D eigenvalue weighted by molar-refractivity contribution is -0.124. The fourth-order valence-corrected chi connectivity index (χ4v) is 2.69. The van der Waals surface area contributed by atoms with Gasteiger partial charge in [0, 0.05) is 34.9 Å². The molecule has 0 aliphatic carbocycles. The summed E-state index contributed by atoms with van der Waals surface area (Å²) in [6.07, 6.45) is 0.892. The highest BCUT2D eigenvalue weighted by Gasteiger charge is 2.23. The fraction of sp³-hybridized carbons (Fsp3) is 0.562. The highest BCUT2D eigenvalue weighted by atomic mass is 35.5. The van der Waals surface area contributed by atoms with Crippen molar-refractivity contribution in [3.63, 3.8) is 0 Å². The Morgan fingerprint density at radius 3 is 2.65 bits per heavy atom. The highest BCUT2D eigenvalue weighted by molar-refractivity contribution is 7.80. The minimum Gasteiger partial charge on any atom is -0.351 e. The van der Waals surface area contributed by atoms with Crippen molar-refractivity contribution in [1.29, 1.82) is 0 Å². The minimum atomic E-state index is -0.294. The first-order valence-electron chi connectivity index (χ1n) is 7.70. The molecule has 4 N–H and O–H groups in total. The number of hydrogen-bond acceptors (Lipinski definition) is 4. The van der Waals surface area contributed by atoms with Gasteiger partial charge in [0.2, 0.25) is 5.91 Å². The van der Waals surface area contributed by atoms with Crippen LogP contribution in [-0.2, 0) is 11.3 Å². The summed E-state index contributed by atoms with van der Waals surface area (Å²) < 4.78 is 0. The molecule has 0 aliphatic heterocycles. The predicted octanol–water partition coefficient (Wildman–Crippen LogP) is 2.87. The van der Waals surface area contributed by atoms with Crippen molar-refractivity contribution >= 4 is 41.7 Å². The van der Waals surface area contributed by atoms with E-state index < -0.39 is 0 Å². The summed E-state index contributed by atoms with van der Waals surface area (Å²) in [5, 5.41) is 7.29. The lowest BCUT2D eigenvalue weighted by atomic mass is 9.98. The smallest absolute Gasteiger partial charge is 0.237 e. The zero-order valence-corrected chi connectivity index (χ0v) is 15.9. The Bertz CT molecular complexity index is 516. The van der Waals surface area contributed by atoms with Gasteiger partial charge >= 0.3 is 0 Å². The monoisotopic (exact) mass is 377 g/mol. The standard InChI is InChI=1S/C16H25Cl2N3OS/c1-3-10(2)15(20-8-13(19)9-23)16(22)21-7-11-4-5-12(17)6-14(11)18/h4-6,10,13,15,20,23H,3,7-9,19H2,1-2H3,(H,21,22)/t10-,13+,15-/m0/s1. The molecule has 0 bridgehead atoms. The third-order valence-corrected chi connectivity index (χ3v) is 4.85. The topological polar surface area (TPSA) is 67.1 Å². The van der Waals surface area contributed by atoms with E-state index in [1.54, 1.807) is 12.1 Å². The molecule has 1 amide bonds. The van der Waals surface area contributed by atoms with Gasteiger partial charge < -0.3 is 16.4 Å². The Balaban J connectivity index is 2.65. The lowest BCUT2D eigenvalue weighted by Crippen LogP contribution is -2.51. The number of rotatable bonds is 9. The van der Waals surface area contributed by atoms with Crippen molar-refractivity contribution in [2.24, 2.45) is 11.7 Å². The van der Waals surface area contributed by atoms with E-state index in [-0.39, 0.29) is 23.9 Å². The van der Waals surface area contributed by atoms with Gasteiger partial charge in [-0.1, -0.05) is 49.5 Å². The number of carbonyl (C=O) groups excluding carboxylic acids is 1. The van der Waals surface area contributed by atoms with Crippen LogP contribution < -0.4 is 16.4 Å². The molecule has 0 fully saturated rings. The van der Waals surface area contributed by atoms with Crippen molar-refractivity contribution in [1.82, 2.24) is 10.6 Å². The van der Waals surface area contributed by atoms with Gasteiger partial charge in [0.05, 0.1) is 6.04 Å². The summed E-state index contributed by atoms with van der Waals surface area (Å²) in [4.78, 5) is 12.5.